The van der Waals surface area contributed by atoms with E-state index in [4.69, 9.17) is 9.47 Å². The van der Waals surface area contributed by atoms with Gasteiger partial charge in [0, 0.05) is 11.1 Å². The normalized spacial score (nSPS) is 14.7. The monoisotopic (exact) mass is 355 g/mol. The van der Waals surface area contributed by atoms with Gasteiger partial charge in [0.05, 0.1) is 0 Å². The van der Waals surface area contributed by atoms with Crippen LogP contribution in [0.3, 0.4) is 0 Å². The van der Waals surface area contributed by atoms with E-state index in [2.05, 4.69) is 4.99 Å². The molecular weight excluding hydrogens is 338 g/mol. The van der Waals surface area contributed by atoms with Crippen LogP contribution in [-0.2, 0) is 16.1 Å². The maximum absolute atomic E-state index is 12.2. The largest absolute Gasteiger partial charge is 0.488 e. The molecule has 0 unspecified atom stereocenters. The van der Waals surface area contributed by atoms with Crippen molar-refractivity contribution < 1.29 is 14.3 Å². The van der Waals surface area contributed by atoms with Crippen molar-refractivity contribution in [2.24, 2.45) is 4.99 Å². The van der Waals surface area contributed by atoms with Gasteiger partial charge >= 0.3 is 5.97 Å². The molecular formula is C23H17NO3. The van der Waals surface area contributed by atoms with E-state index >= 15 is 0 Å². The van der Waals surface area contributed by atoms with Gasteiger partial charge in [-0.05, 0) is 29.8 Å². The molecule has 3 aromatic rings. The number of nitrogens with zero attached hydrogens (tertiary/aromatic N) is 1. The van der Waals surface area contributed by atoms with Crippen LogP contribution in [0.4, 0.5) is 0 Å². The van der Waals surface area contributed by atoms with Crippen molar-refractivity contribution in [1.82, 2.24) is 0 Å². The molecule has 1 aliphatic rings. The van der Waals surface area contributed by atoms with E-state index in [1.54, 1.807) is 6.08 Å². The molecule has 0 saturated carbocycles. The van der Waals surface area contributed by atoms with Crippen molar-refractivity contribution in [2.75, 3.05) is 0 Å². The molecule has 4 heteroatoms. The number of aliphatic imine (C=N–C) groups is 1. The summed E-state index contributed by atoms with van der Waals surface area (Å²) < 4.78 is 11.2. The molecule has 1 heterocycles. The summed E-state index contributed by atoms with van der Waals surface area (Å²) in [6, 6.07) is 26.8. The van der Waals surface area contributed by atoms with E-state index in [1.165, 1.54) is 0 Å². The number of esters is 1. The maximum Gasteiger partial charge on any atom is 0.363 e. The van der Waals surface area contributed by atoms with Crippen molar-refractivity contribution in [3.05, 3.63) is 107 Å². The Morgan fingerprint density at radius 3 is 2.30 bits per heavy atom. The van der Waals surface area contributed by atoms with Gasteiger partial charge in [0.15, 0.2) is 5.70 Å². The van der Waals surface area contributed by atoms with Gasteiger partial charge < -0.3 is 9.47 Å². The number of para-hydroxylation sites is 1. The van der Waals surface area contributed by atoms with Crippen LogP contribution < -0.4 is 4.74 Å². The highest BCUT2D eigenvalue weighted by Gasteiger charge is 2.24. The highest BCUT2D eigenvalue weighted by molar-refractivity contribution is 6.12. The van der Waals surface area contributed by atoms with E-state index in [1.807, 2.05) is 84.9 Å². The Hall–Kier alpha value is -3.66. The lowest BCUT2D eigenvalue weighted by molar-refractivity contribution is -0.129. The van der Waals surface area contributed by atoms with Gasteiger partial charge in [-0.25, -0.2) is 9.79 Å². The van der Waals surface area contributed by atoms with E-state index < -0.39 is 5.97 Å². The minimum atomic E-state index is -0.466. The third-order valence-corrected chi connectivity index (χ3v) is 4.09. The Morgan fingerprint density at radius 1 is 0.852 bits per heavy atom. The molecule has 3 aromatic carbocycles. The first kappa shape index (κ1) is 16.8. The van der Waals surface area contributed by atoms with Gasteiger partial charge in [0.1, 0.15) is 12.4 Å². The molecule has 0 N–H and O–H groups in total. The Balaban J connectivity index is 1.58. The number of hydrogen-bond acceptors (Lipinski definition) is 4. The molecule has 0 bridgehead atoms. The van der Waals surface area contributed by atoms with Gasteiger partial charge in [0.2, 0.25) is 5.90 Å². The molecule has 27 heavy (non-hydrogen) atoms. The van der Waals surface area contributed by atoms with Gasteiger partial charge in [-0.2, -0.15) is 0 Å². The summed E-state index contributed by atoms with van der Waals surface area (Å²) in [5.74, 6) is 0.534. The first-order chi connectivity index (χ1) is 13.3. The second-order valence-corrected chi connectivity index (χ2v) is 6.01. The Morgan fingerprint density at radius 2 is 1.52 bits per heavy atom. The maximum atomic E-state index is 12.2. The zero-order valence-electron chi connectivity index (χ0n) is 14.5. The fourth-order valence-corrected chi connectivity index (χ4v) is 2.73. The van der Waals surface area contributed by atoms with Gasteiger partial charge in [-0.1, -0.05) is 66.7 Å². The van der Waals surface area contributed by atoms with Crippen LogP contribution >= 0.6 is 0 Å². The number of rotatable bonds is 5. The summed E-state index contributed by atoms with van der Waals surface area (Å²) >= 11 is 0. The zero-order valence-corrected chi connectivity index (χ0v) is 14.5. The van der Waals surface area contributed by atoms with E-state index in [-0.39, 0.29) is 5.70 Å². The number of carbonyl (C=O) groups is 1. The third kappa shape index (κ3) is 3.96. The van der Waals surface area contributed by atoms with Crippen molar-refractivity contribution >= 4 is 17.9 Å². The lowest BCUT2D eigenvalue weighted by atomic mass is 10.1. The summed E-state index contributed by atoms with van der Waals surface area (Å²) in [5, 5.41) is 0. The molecule has 0 amide bonds. The lowest BCUT2D eigenvalue weighted by Gasteiger charge is -2.09. The average Bonchev–Trinajstić information content (AvgIpc) is 3.09. The fourth-order valence-electron chi connectivity index (χ4n) is 2.73. The lowest BCUT2D eigenvalue weighted by Crippen LogP contribution is -2.05. The minimum absolute atomic E-state index is 0.254. The van der Waals surface area contributed by atoms with Crippen molar-refractivity contribution in [2.45, 2.75) is 6.61 Å². The van der Waals surface area contributed by atoms with Crippen LogP contribution in [0.2, 0.25) is 0 Å². The molecule has 4 nitrogen and oxygen atoms in total. The highest BCUT2D eigenvalue weighted by atomic mass is 16.6. The summed E-state index contributed by atoms with van der Waals surface area (Å²) in [7, 11) is 0. The van der Waals surface area contributed by atoms with Crippen LogP contribution in [-0.4, -0.2) is 11.9 Å². The molecule has 0 spiro atoms. The van der Waals surface area contributed by atoms with E-state index in [9.17, 15) is 4.79 Å². The molecule has 0 radical (unpaired) electrons. The van der Waals surface area contributed by atoms with Crippen molar-refractivity contribution in [3.8, 4) is 5.75 Å². The SMILES string of the molecule is O=C1OC(c2ccccc2)=N/C1=C/c1ccccc1OCc1ccccc1. The summed E-state index contributed by atoms with van der Waals surface area (Å²) in [6.07, 6.45) is 1.69. The molecule has 1 aliphatic heterocycles. The third-order valence-electron chi connectivity index (χ3n) is 4.09. The molecule has 0 aliphatic carbocycles. The average molecular weight is 355 g/mol. The number of carbonyl (C=O) groups excluding carboxylic acids is 1. The van der Waals surface area contributed by atoms with Crippen LogP contribution in [0.5, 0.6) is 5.75 Å². The van der Waals surface area contributed by atoms with Gasteiger partial charge in [-0.3, -0.25) is 0 Å². The topological polar surface area (TPSA) is 47.9 Å². The van der Waals surface area contributed by atoms with E-state index in [0.717, 1.165) is 16.7 Å². The van der Waals surface area contributed by atoms with Crippen LogP contribution in [0.25, 0.3) is 6.08 Å². The second kappa shape index (κ2) is 7.70. The van der Waals surface area contributed by atoms with E-state index in [0.29, 0.717) is 18.3 Å². The quantitative estimate of drug-likeness (QED) is 0.496. The Labute approximate surface area is 157 Å². The van der Waals surface area contributed by atoms with Crippen molar-refractivity contribution in [1.29, 1.82) is 0 Å². The van der Waals surface area contributed by atoms with Crippen molar-refractivity contribution in [3.63, 3.8) is 0 Å². The van der Waals surface area contributed by atoms with Crippen LogP contribution in [0.1, 0.15) is 16.7 Å². The molecule has 4 rings (SSSR count). The number of cyclic esters (lactones) is 1. The summed E-state index contributed by atoms with van der Waals surface area (Å²) in [5.41, 5.74) is 2.87. The Kier molecular flexibility index (Phi) is 4.79. The zero-order chi connectivity index (χ0) is 18.5. The number of benzene rings is 3. The van der Waals surface area contributed by atoms with Gasteiger partial charge in [0.25, 0.3) is 0 Å². The van der Waals surface area contributed by atoms with Crippen LogP contribution in [0, 0.1) is 0 Å². The second-order valence-electron chi connectivity index (χ2n) is 6.01. The standard InChI is InChI=1S/C23H17NO3/c25-23-20(24-22(27-23)18-11-5-2-6-12-18)15-19-13-7-8-14-21(19)26-16-17-9-3-1-4-10-17/h1-15H,16H2/b20-15+. The molecule has 0 atom stereocenters. The molecule has 0 fully saturated rings. The highest BCUT2D eigenvalue weighted by Crippen LogP contribution is 2.25. The van der Waals surface area contributed by atoms with Crippen LogP contribution in [0.15, 0.2) is 95.6 Å². The predicted octanol–water partition coefficient (Wildman–Crippen LogP) is 4.61. The first-order valence-corrected chi connectivity index (χ1v) is 8.63. The molecule has 0 aromatic heterocycles. The predicted molar refractivity (Wildman–Crippen MR) is 104 cm³/mol. The first-order valence-electron chi connectivity index (χ1n) is 8.63. The fraction of sp³-hybridized carbons (Fsp3) is 0.0435. The Bertz CT molecular complexity index is 1010. The number of ether oxygens (including phenoxy) is 2. The number of hydrogen-bond donors (Lipinski definition) is 0. The summed E-state index contributed by atoms with van der Waals surface area (Å²) in [6.45, 7) is 0.448. The summed E-state index contributed by atoms with van der Waals surface area (Å²) in [4.78, 5) is 16.6. The molecule has 132 valence electrons. The van der Waals surface area contributed by atoms with Gasteiger partial charge in [-0.15, -0.1) is 0 Å². The minimum Gasteiger partial charge on any atom is -0.488 e. The smallest absolute Gasteiger partial charge is 0.363 e. The molecule has 0 saturated heterocycles.